The third-order valence-electron chi connectivity index (χ3n) is 5.40. The molecule has 0 saturated heterocycles. The van der Waals surface area contributed by atoms with E-state index >= 15 is 0 Å². The van der Waals surface area contributed by atoms with Crippen LogP contribution in [0, 0.1) is 0 Å². The molecule has 4 aromatic rings. The highest BCUT2D eigenvalue weighted by Gasteiger charge is 2.34. The average molecular weight is 493 g/mol. The van der Waals surface area contributed by atoms with Gasteiger partial charge in [0.15, 0.2) is 5.82 Å². The predicted molar refractivity (Wildman–Crippen MR) is 131 cm³/mol. The van der Waals surface area contributed by atoms with Crippen LogP contribution in [-0.2, 0) is 4.79 Å². The van der Waals surface area contributed by atoms with Gasteiger partial charge < -0.3 is 15.7 Å². The maximum absolute atomic E-state index is 13.4. The molecule has 3 N–H and O–H groups in total. The molecule has 1 atom stereocenters. The van der Waals surface area contributed by atoms with Crippen LogP contribution in [0.25, 0.3) is 11.4 Å². The fourth-order valence-electron chi connectivity index (χ4n) is 3.83. The highest BCUT2D eigenvalue weighted by atomic mass is 35.5. The Morgan fingerprint density at radius 3 is 2.65 bits per heavy atom. The van der Waals surface area contributed by atoms with Crippen molar-refractivity contribution in [2.24, 2.45) is 0 Å². The van der Waals surface area contributed by atoms with E-state index in [9.17, 15) is 9.90 Å². The number of carbonyl (C=O) groups is 1. The predicted octanol–water partition coefficient (Wildman–Crippen LogP) is 5.28. The number of allylic oxidation sites excluding steroid dienone is 1. The first-order valence-corrected chi connectivity index (χ1v) is 11.1. The summed E-state index contributed by atoms with van der Waals surface area (Å²) in [5.41, 5.74) is 2.98. The second-order valence-corrected chi connectivity index (χ2v) is 8.52. The molecule has 0 aliphatic carbocycles. The van der Waals surface area contributed by atoms with Crippen LogP contribution in [-0.4, -0.2) is 30.8 Å². The second kappa shape index (κ2) is 8.81. The number of aromatic nitrogens is 4. The van der Waals surface area contributed by atoms with Crippen molar-refractivity contribution in [3.05, 3.63) is 93.9 Å². The summed E-state index contributed by atoms with van der Waals surface area (Å²) in [6.45, 7) is 1.80. The SMILES string of the molecule is CC1=C(C(=O)Nc2cccnc2)C(c2ccc(O)cc2)n2nc(-c3ccc(Cl)cc3Cl)nc2N1. The van der Waals surface area contributed by atoms with Crippen LogP contribution < -0.4 is 10.6 Å². The number of hydrogen-bond donors (Lipinski definition) is 3. The number of halogens is 2. The van der Waals surface area contributed by atoms with Gasteiger partial charge in [-0.3, -0.25) is 9.78 Å². The van der Waals surface area contributed by atoms with E-state index in [1.807, 2.05) is 0 Å². The summed E-state index contributed by atoms with van der Waals surface area (Å²) in [6.07, 6.45) is 3.20. The summed E-state index contributed by atoms with van der Waals surface area (Å²) in [7, 11) is 0. The molecule has 2 aromatic carbocycles. The first-order valence-electron chi connectivity index (χ1n) is 10.3. The van der Waals surface area contributed by atoms with Crippen molar-refractivity contribution < 1.29 is 9.90 Å². The van der Waals surface area contributed by atoms with Gasteiger partial charge >= 0.3 is 0 Å². The largest absolute Gasteiger partial charge is 0.508 e. The molecule has 1 unspecified atom stereocenters. The van der Waals surface area contributed by atoms with E-state index in [1.165, 1.54) is 0 Å². The molecule has 0 fully saturated rings. The van der Waals surface area contributed by atoms with Crippen molar-refractivity contribution in [3.63, 3.8) is 0 Å². The van der Waals surface area contributed by atoms with E-state index in [0.29, 0.717) is 44.3 Å². The van der Waals surface area contributed by atoms with Crippen LogP contribution in [0.3, 0.4) is 0 Å². The van der Waals surface area contributed by atoms with E-state index in [0.717, 1.165) is 5.56 Å². The Morgan fingerprint density at radius 1 is 1.15 bits per heavy atom. The molecule has 0 bridgehead atoms. The first-order chi connectivity index (χ1) is 16.4. The fourth-order valence-corrected chi connectivity index (χ4v) is 4.32. The monoisotopic (exact) mass is 492 g/mol. The number of carbonyl (C=O) groups excluding carboxylic acids is 1. The Balaban J connectivity index is 1.61. The number of hydrogen-bond acceptors (Lipinski definition) is 6. The van der Waals surface area contributed by atoms with Crippen LogP contribution >= 0.6 is 23.2 Å². The molecule has 3 heterocycles. The number of aromatic hydroxyl groups is 1. The normalized spacial score (nSPS) is 15.0. The lowest BCUT2D eigenvalue weighted by molar-refractivity contribution is -0.113. The fraction of sp³-hybridized carbons (Fsp3) is 0.0833. The Hall–Kier alpha value is -3.88. The Morgan fingerprint density at radius 2 is 1.94 bits per heavy atom. The lowest BCUT2D eigenvalue weighted by Gasteiger charge is -2.28. The van der Waals surface area contributed by atoms with Crippen molar-refractivity contribution in [2.45, 2.75) is 13.0 Å². The lowest BCUT2D eigenvalue weighted by Crippen LogP contribution is -2.31. The topological polar surface area (TPSA) is 105 Å². The van der Waals surface area contributed by atoms with Gasteiger partial charge in [-0.25, -0.2) is 4.68 Å². The number of fused-ring (bicyclic) bond motifs is 1. The quantitative estimate of drug-likeness (QED) is 0.357. The lowest BCUT2D eigenvalue weighted by atomic mass is 9.95. The number of rotatable bonds is 4. The van der Waals surface area contributed by atoms with Crippen molar-refractivity contribution in [1.82, 2.24) is 19.7 Å². The summed E-state index contributed by atoms with van der Waals surface area (Å²) < 4.78 is 1.64. The third-order valence-corrected chi connectivity index (χ3v) is 5.95. The first kappa shape index (κ1) is 21.9. The minimum Gasteiger partial charge on any atom is -0.508 e. The minimum absolute atomic E-state index is 0.118. The van der Waals surface area contributed by atoms with Crippen molar-refractivity contribution in [3.8, 4) is 17.1 Å². The number of anilines is 2. The Kier molecular flexibility index (Phi) is 5.69. The zero-order valence-electron chi connectivity index (χ0n) is 17.8. The summed E-state index contributed by atoms with van der Waals surface area (Å²) >= 11 is 12.4. The van der Waals surface area contributed by atoms with Crippen LogP contribution in [0.1, 0.15) is 18.5 Å². The zero-order valence-corrected chi connectivity index (χ0v) is 19.3. The van der Waals surface area contributed by atoms with Crippen LogP contribution in [0.2, 0.25) is 10.0 Å². The van der Waals surface area contributed by atoms with Gasteiger partial charge in [-0.2, -0.15) is 4.98 Å². The molecule has 8 nitrogen and oxygen atoms in total. The van der Waals surface area contributed by atoms with Gasteiger partial charge in [0.05, 0.1) is 22.5 Å². The van der Waals surface area contributed by atoms with Gasteiger partial charge in [0, 0.05) is 22.5 Å². The Labute approximate surface area is 204 Å². The average Bonchev–Trinajstić information content (AvgIpc) is 3.22. The molecule has 5 rings (SSSR count). The van der Waals surface area contributed by atoms with Crippen molar-refractivity contribution >= 4 is 40.7 Å². The maximum Gasteiger partial charge on any atom is 0.255 e. The molecule has 1 amide bonds. The van der Waals surface area contributed by atoms with E-state index in [4.69, 9.17) is 28.3 Å². The minimum atomic E-state index is -0.610. The highest BCUT2D eigenvalue weighted by molar-refractivity contribution is 6.36. The number of nitrogens with zero attached hydrogens (tertiary/aromatic N) is 4. The molecule has 10 heteroatoms. The van der Waals surface area contributed by atoms with Crippen molar-refractivity contribution in [1.29, 1.82) is 0 Å². The molecule has 34 heavy (non-hydrogen) atoms. The molecular formula is C24H18Cl2N6O2. The van der Waals surface area contributed by atoms with E-state index in [1.54, 1.807) is 78.6 Å². The van der Waals surface area contributed by atoms with Gasteiger partial charge in [0.2, 0.25) is 5.95 Å². The molecule has 170 valence electrons. The standard InChI is InChI=1S/C24H18Cl2N6O2/c1-13-20(23(34)29-16-3-2-10-27-12-16)21(14-4-7-17(33)8-5-14)32-24(28-13)30-22(31-32)18-9-6-15(25)11-19(18)26/h2-12,21,33H,1H3,(H,29,34)(H,28,30,31). The summed E-state index contributed by atoms with van der Waals surface area (Å²) in [5, 5.41) is 21.5. The Bertz CT molecular complexity index is 1420. The summed E-state index contributed by atoms with van der Waals surface area (Å²) in [5.74, 6) is 0.639. The van der Waals surface area contributed by atoms with Gasteiger partial charge in [-0.05, 0) is 55.0 Å². The van der Waals surface area contributed by atoms with Crippen LogP contribution in [0.5, 0.6) is 5.75 Å². The smallest absolute Gasteiger partial charge is 0.255 e. The number of benzene rings is 2. The number of pyridine rings is 1. The maximum atomic E-state index is 13.4. The number of amides is 1. The van der Waals surface area contributed by atoms with E-state index in [-0.39, 0.29) is 11.7 Å². The van der Waals surface area contributed by atoms with Gasteiger partial charge in [0.25, 0.3) is 5.91 Å². The summed E-state index contributed by atoms with van der Waals surface area (Å²) in [4.78, 5) is 22.1. The molecule has 1 aliphatic heterocycles. The molecule has 1 aliphatic rings. The van der Waals surface area contributed by atoms with Gasteiger partial charge in [-0.1, -0.05) is 35.3 Å². The van der Waals surface area contributed by atoms with Crippen molar-refractivity contribution in [2.75, 3.05) is 10.6 Å². The molecule has 0 spiro atoms. The number of nitrogens with one attached hydrogen (secondary N) is 2. The number of phenolic OH excluding ortho intramolecular Hbond substituents is 1. The van der Waals surface area contributed by atoms with Crippen LogP contribution in [0.4, 0.5) is 11.6 Å². The van der Waals surface area contributed by atoms with Gasteiger partial charge in [-0.15, -0.1) is 5.10 Å². The number of phenols is 1. The van der Waals surface area contributed by atoms with Gasteiger partial charge in [0.1, 0.15) is 11.8 Å². The molecule has 2 aromatic heterocycles. The van der Waals surface area contributed by atoms with E-state index in [2.05, 4.69) is 20.6 Å². The van der Waals surface area contributed by atoms with E-state index < -0.39 is 6.04 Å². The zero-order chi connectivity index (χ0) is 23.8. The third kappa shape index (κ3) is 4.09. The molecule has 0 radical (unpaired) electrons. The summed E-state index contributed by atoms with van der Waals surface area (Å²) in [6, 6.07) is 14.6. The van der Waals surface area contributed by atoms with Crippen LogP contribution in [0.15, 0.2) is 78.3 Å². The highest BCUT2D eigenvalue weighted by Crippen LogP contribution is 2.38. The molecular weight excluding hydrogens is 475 g/mol. The molecule has 0 saturated carbocycles. The second-order valence-electron chi connectivity index (χ2n) is 7.68.